The molecule has 2 aromatic heterocycles. The van der Waals surface area contributed by atoms with E-state index in [4.69, 9.17) is 11.6 Å². The van der Waals surface area contributed by atoms with Crippen LogP contribution < -0.4 is 16.6 Å². The van der Waals surface area contributed by atoms with Crippen molar-refractivity contribution in [2.75, 3.05) is 11.1 Å². The first-order valence-electron chi connectivity index (χ1n) is 7.61. The highest BCUT2D eigenvalue weighted by atomic mass is 35.5. The third kappa shape index (κ3) is 3.51. The van der Waals surface area contributed by atoms with Gasteiger partial charge in [-0.15, -0.1) is 11.8 Å². The van der Waals surface area contributed by atoms with Crippen molar-refractivity contribution in [2.24, 2.45) is 14.1 Å². The predicted octanol–water partition coefficient (Wildman–Crippen LogP) is 2.02. The number of halogens is 1. The number of fused-ring (bicyclic) bond motifs is 1. The molecule has 0 radical (unpaired) electrons. The second-order valence-electron chi connectivity index (χ2n) is 5.57. The summed E-state index contributed by atoms with van der Waals surface area (Å²) in [7, 11) is 2.94. The molecular formula is C17H15ClN4O3S. The predicted molar refractivity (Wildman–Crippen MR) is 103 cm³/mol. The zero-order valence-electron chi connectivity index (χ0n) is 14.0. The van der Waals surface area contributed by atoms with Gasteiger partial charge < -0.3 is 5.32 Å². The number of carbonyl (C=O) groups excluding carboxylic acids is 1. The van der Waals surface area contributed by atoms with Crippen LogP contribution in [0.5, 0.6) is 0 Å². The van der Waals surface area contributed by atoms with Crippen molar-refractivity contribution in [1.29, 1.82) is 0 Å². The van der Waals surface area contributed by atoms with E-state index in [2.05, 4.69) is 10.3 Å². The molecule has 0 aliphatic carbocycles. The van der Waals surface area contributed by atoms with E-state index in [1.54, 1.807) is 6.07 Å². The number of carbonyl (C=O) groups is 1. The fourth-order valence-corrected chi connectivity index (χ4v) is 3.47. The van der Waals surface area contributed by atoms with Crippen LogP contribution in [0.25, 0.3) is 11.0 Å². The van der Waals surface area contributed by atoms with Crippen LogP contribution in [0.1, 0.15) is 0 Å². The minimum atomic E-state index is -0.461. The number of nitrogens with one attached hydrogen (secondary N) is 1. The summed E-state index contributed by atoms with van der Waals surface area (Å²) in [4.78, 5) is 41.3. The molecule has 0 aliphatic rings. The molecule has 0 bridgehead atoms. The molecule has 9 heteroatoms. The SMILES string of the molecule is Cn1c(=O)c2cc(NC(=O)CSc3ccccc3Cl)cnc2n(C)c1=O. The van der Waals surface area contributed by atoms with Gasteiger partial charge >= 0.3 is 5.69 Å². The molecule has 1 N–H and O–H groups in total. The first kappa shape index (κ1) is 18.2. The Labute approximate surface area is 157 Å². The molecule has 1 amide bonds. The zero-order valence-corrected chi connectivity index (χ0v) is 15.6. The number of pyridine rings is 1. The first-order valence-corrected chi connectivity index (χ1v) is 8.98. The van der Waals surface area contributed by atoms with Crippen molar-refractivity contribution in [3.63, 3.8) is 0 Å². The highest BCUT2D eigenvalue weighted by Gasteiger charge is 2.12. The normalized spacial score (nSPS) is 10.9. The van der Waals surface area contributed by atoms with Gasteiger partial charge in [-0.05, 0) is 18.2 Å². The Morgan fingerprint density at radius 2 is 1.96 bits per heavy atom. The molecule has 2 heterocycles. The number of thioether (sulfide) groups is 1. The maximum atomic E-state index is 12.3. The molecule has 0 saturated carbocycles. The number of hydrogen-bond acceptors (Lipinski definition) is 5. The van der Waals surface area contributed by atoms with Gasteiger partial charge in [-0.25, -0.2) is 9.78 Å². The Hall–Kier alpha value is -2.58. The van der Waals surface area contributed by atoms with E-state index in [9.17, 15) is 14.4 Å². The van der Waals surface area contributed by atoms with Crippen LogP contribution in [0.4, 0.5) is 5.69 Å². The molecule has 0 aliphatic heterocycles. The van der Waals surface area contributed by atoms with Gasteiger partial charge in [0.05, 0.1) is 28.0 Å². The average Bonchev–Trinajstić information content (AvgIpc) is 2.64. The lowest BCUT2D eigenvalue weighted by molar-refractivity contribution is -0.113. The maximum Gasteiger partial charge on any atom is 0.332 e. The van der Waals surface area contributed by atoms with Crippen molar-refractivity contribution < 1.29 is 4.79 Å². The summed E-state index contributed by atoms with van der Waals surface area (Å²) in [6, 6.07) is 8.78. The van der Waals surface area contributed by atoms with E-state index in [1.165, 1.54) is 42.7 Å². The number of aryl methyl sites for hydroxylation is 1. The van der Waals surface area contributed by atoms with Crippen molar-refractivity contribution in [3.8, 4) is 0 Å². The summed E-state index contributed by atoms with van der Waals surface area (Å²) < 4.78 is 2.29. The molecular weight excluding hydrogens is 376 g/mol. The van der Waals surface area contributed by atoms with Crippen LogP contribution in [0.15, 0.2) is 51.0 Å². The molecule has 0 atom stereocenters. The summed E-state index contributed by atoms with van der Waals surface area (Å²) in [6.45, 7) is 0. The summed E-state index contributed by atoms with van der Waals surface area (Å²) in [5.74, 6) is -0.0923. The van der Waals surface area contributed by atoms with Gasteiger partial charge in [0.15, 0.2) is 0 Å². The Bertz CT molecular complexity index is 1120. The molecule has 3 aromatic rings. The number of anilines is 1. The Kier molecular flexibility index (Phi) is 5.15. The highest BCUT2D eigenvalue weighted by Crippen LogP contribution is 2.26. The molecule has 0 fully saturated rings. The summed E-state index contributed by atoms with van der Waals surface area (Å²) >= 11 is 7.38. The van der Waals surface area contributed by atoms with Gasteiger partial charge in [0, 0.05) is 19.0 Å². The number of nitrogens with zero attached hydrogens (tertiary/aromatic N) is 3. The number of hydrogen-bond donors (Lipinski definition) is 1. The number of amides is 1. The molecule has 0 unspecified atom stereocenters. The first-order chi connectivity index (χ1) is 12.4. The van der Waals surface area contributed by atoms with E-state index in [0.717, 1.165) is 9.46 Å². The van der Waals surface area contributed by atoms with Gasteiger partial charge in [0.25, 0.3) is 5.56 Å². The summed E-state index contributed by atoms with van der Waals surface area (Å²) in [5, 5.41) is 3.54. The van der Waals surface area contributed by atoms with Crippen LogP contribution in [0.2, 0.25) is 5.02 Å². The fourth-order valence-electron chi connectivity index (χ4n) is 2.44. The fraction of sp³-hybridized carbons (Fsp3) is 0.176. The van der Waals surface area contributed by atoms with Crippen LogP contribution in [0, 0.1) is 0 Å². The second kappa shape index (κ2) is 7.35. The van der Waals surface area contributed by atoms with Gasteiger partial charge in [-0.1, -0.05) is 23.7 Å². The Balaban J connectivity index is 1.81. The minimum Gasteiger partial charge on any atom is -0.324 e. The smallest absolute Gasteiger partial charge is 0.324 e. The molecule has 134 valence electrons. The van der Waals surface area contributed by atoms with Crippen molar-refractivity contribution in [3.05, 3.63) is 62.4 Å². The van der Waals surface area contributed by atoms with E-state index in [0.29, 0.717) is 10.7 Å². The van der Waals surface area contributed by atoms with E-state index >= 15 is 0 Å². The third-order valence-corrected chi connectivity index (χ3v) is 5.29. The monoisotopic (exact) mass is 390 g/mol. The van der Waals surface area contributed by atoms with Crippen molar-refractivity contribution in [1.82, 2.24) is 14.1 Å². The topological polar surface area (TPSA) is 86.0 Å². The largest absolute Gasteiger partial charge is 0.332 e. The van der Waals surface area contributed by atoms with Crippen LogP contribution >= 0.6 is 23.4 Å². The quantitative estimate of drug-likeness (QED) is 0.689. The van der Waals surface area contributed by atoms with Crippen LogP contribution in [-0.4, -0.2) is 25.8 Å². The highest BCUT2D eigenvalue weighted by molar-refractivity contribution is 8.00. The van der Waals surface area contributed by atoms with E-state index in [-0.39, 0.29) is 22.7 Å². The standard InChI is InChI=1S/C17H15ClN4O3S/c1-21-15-11(16(24)22(2)17(21)25)7-10(8-19-15)20-14(23)9-26-13-6-4-3-5-12(13)18/h3-8H,9H2,1-2H3,(H,20,23). The lowest BCUT2D eigenvalue weighted by Gasteiger charge is -2.09. The number of benzene rings is 1. The van der Waals surface area contributed by atoms with Crippen molar-refractivity contribution >= 4 is 46.0 Å². The number of aromatic nitrogens is 3. The third-order valence-electron chi connectivity index (χ3n) is 3.77. The molecule has 1 aromatic carbocycles. The zero-order chi connectivity index (χ0) is 18.8. The maximum absolute atomic E-state index is 12.3. The van der Waals surface area contributed by atoms with Gasteiger partial charge in [-0.3, -0.25) is 18.7 Å². The minimum absolute atomic E-state index is 0.160. The van der Waals surface area contributed by atoms with Gasteiger partial charge in [0.2, 0.25) is 5.91 Å². The van der Waals surface area contributed by atoms with Gasteiger partial charge in [0.1, 0.15) is 5.65 Å². The van der Waals surface area contributed by atoms with E-state index < -0.39 is 11.2 Å². The summed E-state index contributed by atoms with van der Waals surface area (Å²) in [5.41, 5.74) is -0.264. The van der Waals surface area contributed by atoms with Gasteiger partial charge in [-0.2, -0.15) is 0 Å². The summed E-state index contributed by atoms with van der Waals surface area (Å²) in [6.07, 6.45) is 1.42. The molecule has 26 heavy (non-hydrogen) atoms. The molecule has 7 nitrogen and oxygen atoms in total. The molecule has 3 rings (SSSR count). The Morgan fingerprint density at radius 3 is 2.69 bits per heavy atom. The van der Waals surface area contributed by atoms with Crippen LogP contribution in [-0.2, 0) is 18.9 Å². The second-order valence-corrected chi connectivity index (χ2v) is 6.99. The molecule has 0 saturated heterocycles. The Morgan fingerprint density at radius 1 is 1.23 bits per heavy atom. The van der Waals surface area contributed by atoms with E-state index in [1.807, 2.05) is 18.2 Å². The average molecular weight is 391 g/mol. The molecule has 0 spiro atoms. The van der Waals surface area contributed by atoms with Crippen LogP contribution in [0.3, 0.4) is 0 Å². The lowest BCUT2D eigenvalue weighted by atomic mass is 10.3. The lowest BCUT2D eigenvalue weighted by Crippen LogP contribution is -2.37. The van der Waals surface area contributed by atoms with Crippen molar-refractivity contribution in [2.45, 2.75) is 4.90 Å². The number of rotatable bonds is 4.